The lowest BCUT2D eigenvalue weighted by Gasteiger charge is -2.06. The van der Waals surface area contributed by atoms with Crippen molar-refractivity contribution in [2.45, 2.75) is 60.4 Å². The van der Waals surface area contributed by atoms with Crippen LogP contribution < -0.4 is 11.1 Å². The molecule has 11 nitrogen and oxygen atoms in total. The molecule has 0 unspecified atom stereocenters. The number of nitrogens with zero attached hydrogens (tertiary/aromatic N) is 6. The maximum absolute atomic E-state index is 12.1. The number of carbonyl (C=O) groups excluding carboxylic acids is 1. The molecule has 4 heterocycles. The Labute approximate surface area is 384 Å². The highest BCUT2D eigenvalue weighted by Crippen LogP contribution is 2.37. The van der Waals surface area contributed by atoms with Crippen molar-refractivity contribution in [3.63, 3.8) is 0 Å². The molecule has 0 saturated heterocycles. The molecule has 0 aliphatic rings. The van der Waals surface area contributed by atoms with Gasteiger partial charge in [-0.1, -0.05) is 65.8 Å². The lowest BCUT2D eigenvalue weighted by atomic mass is 10.1. The summed E-state index contributed by atoms with van der Waals surface area (Å²) < 4.78 is 3.80. The Kier molecular flexibility index (Phi) is 17.4. The highest BCUT2D eigenvalue weighted by atomic mass is 35.5. The second-order valence-corrected chi connectivity index (χ2v) is 16.4. The minimum Gasteiger partial charge on any atom is -0.478 e. The minimum atomic E-state index is -0.950. The van der Waals surface area contributed by atoms with Crippen molar-refractivity contribution in [1.82, 2.24) is 34.8 Å². The van der Waals surface area contributed by atoms with E-state index in [0.29, 0.717) is 22.2 Å². The van der Waals surface area contributed by atoms with Gasteiger partial charge >= 0.3 is 5.97 Å². The molecule has 0 radical (unpaired) electrons. The van der Waals surface area contributed by atoms with Gasteiger partial charge in [-0.2, -0.15) is 10.2 Å². The van der Waals surface area contributed by atoms with Gasteiger partial charge in [0.15, 0.2) is 0 Å². The number of hydrogen-bond donors (Lipinski definition) is 3. The molecule has 16 heteroatoms. The van der Waals surface area contributed by atoms with Crippen molar-refractivity contribution in [2.75, 3.05) is 13.1 Å². The summed E-state index contributed by atoms with van der Waals surface area (Å²) in [6.45, 7) is 10.8. The average molecular weight is 928 g/mol. The number of carboxylic acid groups (broad SMARTS) is 1. The van der Waals surface area contributed by atoms with Crippen LogP contribution in [0.3, 0.4) is 0 Å². The van der Waals surface area contributed by atoms with Crippen LogP contribution in [0.2, 0.25) is 10.0 Å². The molecule has 0 aliphatic carbocycles. The molecular weight excluding hydrogens is 883 g/mol. The summed E-state index contributed by atoms with van der Waals surface area (Å²) in [4.78, 5) is 37.0. The van der Waals surface area contributed by atoms with Gasteiger partial charge in [0.1, 0.15) is 11.4 Å². The van der Waals surface area contributed by atoms with Crippen LogP contribution in [0.1, 0.15) is 48.4 Å². The topological polar surface area (TPSA) is 154 Å². The van der Waals surface area contributed by atoms with Gasteiger partial charge in [-0.15, -0.1) is 12.4 Å². The Balaban J connectivity index is 0.000000217. The van der Waals surface area contributed by atoms with E-state index >= 15 is 0 Å². The third kappa shape index (κ3) is 12.2. The van der Waals surface area contributed by atoms with Crippen molar-refractivity contribution >= 4 is 92.8 Å². The average Bonchev–Trinajstić information content (AvgIpc) is 3.88. The van der Waals surface area contributed by atoms with Crippen LogP contribution in [0.25, 0.3) is 44.6 Å². The van der Waals surface area contributed by atoms with Gasteiger partial charge in [-0.05, 0) is 124 Å². The number of nitrogens with two attached hydrogens (primary N) is 1. The van der Waals surface area contributed by atoms with Crippen LogP contribution in [0.5, 0.6) is 0 Å². The number of pyridine rings is 2. The smallest absolute Gasteiger partial charge is 0.335 e. The molecule has 320 valence electrons. The highest BCUT2D eigenvalue weighted by molar-refractivity contribution is 7.99. The van der Waals surface area contributed by atoms with Gasteiger partial charge in [0.25, 0.3) is 5.91 Å². The van der Waals surface area contributed by atoms with Gasteiger partial charge < -0.3 is 16.2 Å². The molecule has 0 fully saturated rings. The summed E-state index contributed by atoms with van der Waals surface area (Å²) in [6, 6.07) is 33.6. The van der Waals surface area contributed by atoms with E-state index in [1.165, 1.54) is 0 Å². The number of nitrogens with one attached hydrogen (secondary N) is 1. The molecule has 8 rings (SSSR count). The van der Waals surface area contributed by atoms with Crippen LogP contribution in [-0.2, 0) is 13.1 Å². The third-order valence-electron chi connectivity index (χ3n) is 8.90. The minimum absolute atomic E-state index is 0. The molecule has 1 amide bonds. The summed E-state index contributed by atoms with van der Waals surface area (Å²) in [5.74, 6) is -1.03. The van der Waals surface area contributed by atoms with Gasteiger partial charge in [0.05, 0.1) is 37.8 Å². The fourth-order valence-electron chi connectivity index (χ4n) is 5.95. The number of aryl methyl sites for hydroxylation is 2. The predicted octanol–water partition coefficient (Wildman–Crippen LogP) is 11.7. The second kappa shape index (κ2) is 22.6. The number of hydrogen-bond acceptors (Lipinski definition) is 9. The summed E-state index contributed by atoms with van der Waals surface area (Å²) >= 11 is 15.2. The summed E-state index contributed by atoms with van der Waals surface area (Å²) in [5, 5.41) is 24.5. The lowest BCUT2D eigenvalue weighted by molar-refractivity contribution is 0.0696. The molecule has 0 atom stereocenters. The van der Waals surface area contributed by atoms with Gasteiger partial charge in [0.2, 0.25) is 0 Å². The summed E-state index contributed by atoms with van der Waals surface area (Å²) in [6.07, 6.45) is 4.05. The molecule has 0 saturated carbocycles. The first kappa shape index (κ1) is 47.6. The molecule has 4 aromatic heterocycles. The van der Waals surface area contributed by atoms with Crippen LogP contribution >= 0.6 is 59.1 Å². The largest absolute Gasteiger partial charge is 0.478 e. The maximum atomic E-state index is 12.1. The summed E-state index contributed by atoms with van der Waals surface area (Å²) in [7, 11) is 0. The molecule has 62 heavy (non-hydrogen) atoms. The Morgan fingerprint density at radius 3 is 1.47 bits per heavy atom. The normalized spacial score (nSPS) is 10.6. The number of halogens is 3. The Hall–Kier alpha value is -5.41. The molecule has 4 N–H and O–H groups in total. The van der Waals surface area contributed by atoms with E-state index in [4.69, 9.17) is 49.1 Å². The first-order chi connectivity index (χ1) is 29.5. The van der Waals surface area contributed by atoms with Crippen LogP contribution in [0, 0.1) is 0 Å². The maximum Gasteiger partial charge on any atom is 0.335 e. The van der Waals surface area contributed by atoms with E-state index in [9.17, 15) is 9.59 Å². The van der Waals surface area contributed by atoms with Crippen LogP contribution in [0.15, 0.2) is 141 Å². The molecule has 8 aromatic rings. The number of aromatic carboxylic acids is 1. The Morgan fingerprint density at radius 1 is 0.645 bits per heavy atom. The number of fused-ring (bicyclic) bond motifs is 2. The number of benzene rings is 4. The van der Waals surface area contributed by atoms with Crippen LogP contribution in [0.4, 0.5) is 0 Å². The van der Waals surface area contributed by atoms with Crippen molar-refractivity contribution in [3.8, 4) is 22.8 Å². The zero-order chi connectivity index (χ0) is 43.5. The van der Waals surface area contributed by atoms with Crippen molar-refractivity contribution in [1.29, 1.82) is 0 Å². The number of amides is 1. The van der Waals surface area contributed by atoms with E-state index in [-0.39, 0.29) is 23.9 Å². The zero-order valence-corrected chi connectivity index (χ0v) is 38.3. The van der Waals surface area contributed by atoms with E-state index < -0.39 is 5.97 Å². The van der Waals surface area contributed by atoms with Crippen molar-refractivity contribution in [2.24, 2.45) is 5.73 Å². The van der Waals surface area contributed by atoms with Gasteiger partial charge in [-0.25, -0.2) is 14.8 Å². The van der Waals surface area contributed by atoms with Gasteiger partial charge in [-0.3, -0.25) is 14.2 Å². The second-order valence-electron chi connectivity index (χ2n) is 13.3. The SMILES string of the molecule is CCN.CCNC(=O)c1ccc2nc(-c3nn(CC)cc3Sc3ccc(Cl)cc3)ccc2c1.CCn1cc(Sc2ccc(Cl)cc2)c(-c2ccc3cc(C(=O)O)ccc3n2)n1.Cl. The van der Waals surface area contributed by atoms with Gasteiger partial charge in [0, 0.05) is 68.2 Å². The highest BCUT2D eigenvalue weighted by Gasteiger charge is 2.17. The van der Waals surface area contributed by atoms with Crippen molar-refractivity contribution in [3.05, 3.63) is 143 Å². The quantitative estimate of drug-likeness (QED) is 0.114. The Bertz CT molecular complexity index is 2780. The number of rotatable bonds is 11. The van der Waals surface area contributed by atoms with Crippen molar-refractivity contribution < 1.29 is 14.7 Å². The van der Waals surface area contributed by atoms with E-state index in [2.05, 4.69) is 17.3 Å². The molecule has 0 spiro atoms. The molecule has 4 aromatic carbocycles. The fraction of sp³-hybridized carbons (Fsp3) is 0.174. The number of carboxylic acids is 1. The third-order valence-corrected chi connectivity index (χ3v) is 11.5. The predicted molar refractivity (Wildman–Crippen MR) is 255 cm³/mol. The van der Waals surface area contributed by atoms with E-state index in [1.54, 1.807) is 47.8 Å². The monoisotopic (exact) mass is 926 g/mol. The Morgan fingerprint density at radius 2 is 1.06 bits per heavy atom. The fourth-order valence-corrected chi connectivity index (χ4v) is 8.08. The summed E-state index contributed by atoms with van der Waals surface area (Å²) in [5.41, 5.74) is 10.5. The molecule has 0 aliphatic heterocycles. The lowest BCUT2D eigenvalue weighted by Crippen LogP contribution is -2.22. The first-order valence-electron chi connectivity index (χ1n) is 19.6. The van der Waals surface area contributed by atoms with E-state index in [0.717, 1.165) is 83.8 Å². The molecular formula is C46H45Cl3N8O3S2. The number of carbonyl (C=O) groups is 2. The first-order valence-corrected chi connectivity index (χ1v) is 22.0. The standard InChI is InChI=1S/C23H21ClN4OS.C21H16ClN3O2S.C2H7N.ClH/c1-3-25-23(29)16-6-11-19-15(13-16)5-12-20(26-19)22-21(14-28(4-2)27-22)30-18-9-7-17(24)8-10-18;1-2-25-12-19(28-16-7-5-15(22)6-8-16)20(24-25)18-10-3-13-11-14(21(26)27)4-9-17(13)23-18;1-2-3;/h5-14H,3-4H2,1-2H3,(H,25,29);3-12H,2H2,1H3,(H,26,27);2-3H2,1H3;1H. The number of aromatic nitrogens is 6. The van der Waals surface area contributed by atoms with Crippen LogP contribution in [-0.4, -0.2) is 59.6 Å². The zero-order valence-electron chi connectivity index (χ0n) is 34.4. The molecule has 0 bridgehead atoms. The van der Waals surface area contributed by atoms with E-state index in [1.807, 2.05) is 127 Å².